The molecule has 1 aliphatic heterocycles. The second-order valence-electron chi connectivity index (χ2n) is 7.62. The van der Waals surface area contributed by atoms with Crippen LogP contribution in [0.1, 0.15) is 47.8 Å². The number of methoxy groups -OCH3 is 1. The van der Waals surface area contributed by atoms with Crippen molar-refractivity contribution in [2.75, 3.05) is 26.1 Å². The highest BCUT2D eigenvalue weighted by molar-refractivity contribution is 6.11. The Kier molecular flexibility index (Phi) is 4.89. The number of fused-ring (bicyclic) bond motifs is 1. The van der Waals surface area contributed by atoms with E-state index in [1.807, 2.05) is 43.3 Å². The number of aromatic hydroxyl groups is 1. The van der Waals surface area contributed by atoms with Gasteiger partial charge in [-0.2, -0.15) is 0 Å². The molecule has 28 heavy (non-hydrogen) atoms. The van der Waals surface area contributed by atoms with E-state index in [1.165, 1.54) is 6.07 Å². The van der Waals surface area contributed by atoms with Crippen LogP contribution in [0.15, 0.2) is 36.4 Å². The SMILES string of the molecule is COc1cc(O)c(N2C(=O)c3ccccc3C2N(C)C)cc1OC1CCCC1. The van der Waals surface area contributed by atoms with Crippen molar-refractivity contribution in [1.82, 2.24) is 4.90 Å². The number of hydrogen-bond acceptors (Lipinski definition) is 5. The van der Waals surface area contributed by atoms with Gasteiger partial charge in [0.05, 0.1) is 18.9 Å². The van der Waals surface area contributed by atoms with Gasteiger partial charge in [-0.05, 0) is 45.8 Å². The van der Waals surface area contributed by atoms with Crippen molar-refractivity contribution in [2.45, 2.75) is 38.0 Å². The van der Waals surface area contributed by atoms with Crippen LogP contribution in [0.25, 0.3) is 0 Å². The zero-order valence-corrected chi connectivity index (χ0v) is 16.5. The molecule has 2 aromatic carbocycles. The van der Waals surface area contributed by atoms with Gasteiger partial charge in [0.2, 0.25) is 0 Å². The Hall–Kier alpha value is -2.73. The first-order valence-electron chi connectivity index (χ1n) is 9.68. The Morgan fingerprint density at radius 3 is 2.50 bits per heavy atom. The van der Waals surface area contributed by atoms with E-state index >= 15 is 0 Å². The Labute approximate surface area is 165 Å². The number of carbonyl (C=O) groups excluding carboxylic acids is 1. The predicted molar refractivity (Wildman–Crippen MR) is 107 cm³/mol. The van der Waals surface area contributed by atoms with E-state index in [0.29, 0.717) is 22.7 Å². The van der Waals surface area contributed by atoms with E-state index in [9.17, 15) is 9.90 Å². The van der Waals surface area contributed by atoms with Gasteiger partial charge in [0.15, 0.2) is 11.5 Å². The molecule has 1 fully saturated rings. The monoisotopic (exact) mass is 382 g/mol. The molecule has 6 heteroatoms. The van der Waals surface area contributed by atoms with Crippen LogP contribution in [0, 0.1) is 0 Å². The lowest BCUT2D eigenvalue weighted by molar-refractivity contribution is 0.0972. The molecule has 0 radical (unpaired) electrons. The maximum atomic E-state index is 13.2. The van der Waals surface area contributed by atoms with Gasteiger partial charge < -0.3 is 14.6 Å². The summed E-state index contributed by atoms with van der Waals surface area (Å²) < 4.78 is 11.6. The van der Waals surface area contributed by atoms with Gasteiger partial charge in [-0.3, -0.25) is 14.6 Å². The number of nitrogens with zero attached hydrogens (tertiary/aromatic N) is 2. The first kappa shape index (κ1) is 18.6. The van der Waals surface area contributed by atoms with Gasteiger partial charge in [0.25, 0.3) is 5.91 Å². The molecule has 0 aromatic heterocycles. The fourth-order valence-corrected chi connectivity index (χ4v) is 4.22. The van der Waals surface area contributed by atoms with Crippen LogP contribution in [0.4, 0.5) is 5.69 Å². The van der Waals surface area contributed by atoms with Crippen LogP contribution in [-0.4, -0.2) is 43.2 Å². The second-order valence-corrected chi connectivity index (χ2v) is 7.62. The van der Waals surface area contributed by atoms with Crippen molar-refractivity contribution < 1.29 is 19.4 Å². The third-order valence-corrected chi connectivity index (χ3v) is 5.54. The van der Waals surface area contributed by atoms with Crippen LogP contribution in [0.3, 0.4) is 0 Å². The van der Waals surface area contributed by atoms with Gasteiger partial charge in [0.1, 0.15) is 11.9 Å². The zero-order valence-electron chi connectivity index (χ0n) is 16.5. The van der Waals surface area contributed by atoms with E-state index in [1.54, 1.807) is 18.1 Å². The third kappa shape index (κ3) is 3.07. The number of ether oxygens (including phenoxy) is 2. The molecule has 1 N–H and O–H groups in total. The number of carbonyl (C=O) groups is 1. The van der Waals surface area contributed by atoms with Crippen molar-refractivity contribution in [1.29, 1.82) is 0 Å². The van der Waals surface area contributed by atoms with Crippen molar-refractivity contribution >= 4 is 11.6 Å². The van der Waals surface area contributed by atoms with Gasteiger partial charge >= 0.3 is 0 Å². The van der Waals surface area contributed by atoms with E-state index in [-0.39, 0.29) is 23.9 Å². The van der Waals surface area contributed by atoms with Crippen LogP contribution < -0.4 is 14.4 Å². The molecule has 2 aliphatic rings. The maximum Gasteiger partial charge on any atom is 0.260 e. The molecule has 1 aliphatic carbocycles. The molecule has 4 rings (SSSR count). The molecule has 0 saturated heterocycles. The summed E-state index contributed by atoms with van der Waals surface area (Å²) in [5.41, 5.74) is 1.99. The minimum absolute atomic E-state index is 0.0105. The van der Waals surface area contributed by atoms with Crippen LogP contribution in [0.2, 0.25) is 0 Å². The minimum Gasteiger partial charge on any atom is -0.506 e. The Morgan fingerprint density at radius 2 is 1.82 bits per heavy atom. The van der Waals surface area contributed by atoms with Gasteiger partial charge in [-0.25, -0.2) is 0 Å². The Balaban J connectivity index is 1.78. The van der Waals surface area contributed by atoms with Crippen LogP contribution in [-0.2, 0) is 0 Å². The molecule has 2 aromatic rings. The number of phenols is 1. The molecule has 1 saturated carbocycles. The topological polar surface area (TPSA) is 62.2 Å². The summed E-state index contributed by atoms with van der Waals surface area (Å²) in [6.45, 7) is 0. The number of rotatable bonds is 5. The average Bonchev–Trinajstić information content (AvgIpc) is 3.29. The summed E-state index contributed by atoms with van der Waals surface area (Å²) in [7, 11) is 5.39. The number of hydrogen-bond donors (Lipinski definition) is 1. The largest absolute Gasteiger partial charge is 0.506 e. The van der Waals surface area contributed by atoms with E-state index in [0.717, 1.165) is 31.2 Å². The predicted octanol–water partition coefficient (Wildman–Crippen LogP) is 3.94. The number of anilines is 1. The van der Waals surface area contributed by atoms with Crippen molar-refractivity contribution in [3.8, 4) is 17.2 Å². The van der Waals surface area contributed by atoms with Crippen LogP contribution >= 0.6 is 0 Å². The first-order valence-corrected chi connectivity index (χ1v) is 9.68. The fourth-order valence-electron chi connectivity index (χ4n) is 4.22. The molecular weight excluding hydrogens is 356 g/mol. The molecular formula is C22H26N2O4. The number of benzene rings is 2. The molecule has 148 valence electrons. The second kappa shape index (κ2) is 7.36. The summed E-state index contributed by atoms with van der Waals surface area (Å²) in [4.78, 5) is 16.8. The highest BCUT2D eigenvalue weighted by Crippen LogP contribution is 2.46. The Bertz CT molecular complexity index is 890. The first-order chi connectivity index (χ1) is 13.5. The molecule has 6 nitrogen and oxygen atoms in total. The lowest BCUT2D eigenvalue weighted by atomic mass is 10.1. The smallest absolute Gasteiger partial charge is 0.260 e. The zero-order chi connectivity index (χ0) is 19.8. The average molecular weight is 382 g/mol. The normalized spacial score (nSPS) is 19.4. The van der Waals surface area contributed by atoms with Crippen molar-refractivity contribution in [3.63, 3.8) is 0 Å². The summed E-state index contributed by atoms with van der Waals surface area (Å²) in [5, 5.41) is 10.7. The molecule has 1 heterocycles. The summed E-state index contributed by atoms with van der Waals surface area (Å²) in [6.07, 6.45) is 4.16. The highest BCUT2D eigenvalue weighted by Gasteiger charge is 2.40. The van der Waals surface area contributed by atoms with Gasteiger partial charge in [-0.1, -0.05) is 18.2 Å². The van der Waals surface area contributed by atoms with E-state index in [2.05, 4.69) is 0 Å². The summed E-state index contributed by atoms with van der Waals surface area (Å²) >= 11 is 0. The molecule has 0 spiro atoms. The van der Waals surface area contributed by atoms with Crippen molar-refractivity contribution in [2.24, 2.45) is 0 Å². The van der Waals surface area contributed by atoms with E-state index in [4.69, 9.17) is 9.47 Å². The highest BCUT2D eigenvalue weighted by atomic mass is 16.5. The molecule has 1 atom stereocenters. The summed E-state index contributed by atoms with van der Waals surface area (Å²) in [6, 6.07) is 10.8. The third-order valence-electron chi connectivity index (χ3n) is 5.54. The standard InChI is InChI=1S/C22H26N2O4/c1-23(2)21-15-10-6-7-11-16(15)22(26)24(21)17-12-20(19(27-3)13-18(17)25)28-14-8-4-5-9-14/h6-7,10-14,21,25H,4-5,8-9H2,1-3H3. The van der Waals surface area contributed by atoms with Crippen molar-refractivity contribution in [3.05, 3.63) is 47.5 Å². The lowest BCUT2D eigenvalue weighted by Crippen LogP contribution is -2.36. The minimum atomic E-state index is -0.303. The maximum absolute atomic E-state index is 13.2. The number of amides is 1. The lowest BCUT2D eigenvalue weighted by Gasteiger charge is -2.31. The Morgan fingerprint density at radius 1 is 1.11 bits per heavy atom. The molecule has 1 unspecified atom stereocenters. The van der Waals surface area contributed by atoms with Gasteiger partial charge in [-0.15, -0.1) is 0 Å². The van der Waals surface area contributed by atoms with Crippen LogP contribution in [0.5, 0.6) is 17.2 Å². The fraction of sp³-hybridized carbons (Fsp3) is 0.409. The quantitative estimate of drug-likeness (QED) is 0.849. The molecule has 0 bridgehead atoms. The summed E-state index contributed by atoms with van der Waals surface area (Å²) in [5.74, 6) is 0.882. The van der Waals surface area contributed by atoms with E-state index < -0.39 is 0 Å². The van der Waals surface area contributed by atoms with Gasteiger partial charge in [0, 0.05) is 23.3 Å². The number of phenolic OH excluding ortho intramolecular Hbond substituents is 1. The molecule has 1 amide bonds.